The Balaban J connectivity index is 1.37. The lowest BCUT2D eigenvalue weighted by molar-refractivity contribution is 0.0620. The number of aromatic nitrogens is 3. The van der Waals surface area contributed by atoms with Crippen LogP contribution in [0.3, 0.4) is 0 Å². The fraction of sp³-hybridized carbons (Fsp3) is 0.562. The highest BCUT2D eigenvalue weighted by Gasteiger charge is 2.28. The van der Waals surface area contributed by atoms with Gasteiger partial charge in [-0.05, 0) is 6.92 Å². The molecule has 4 heterocycles. The predicted molar refractivity (Wildman–Crippen MR) is 92.0 cm³/mol. The third kappa shape index (κ3) is 3.09. The minimum Gasteiger partial charge on any atom is -0.335 e. The van der Waals surface area contributed by atoms with Crippen molar-refractivity contribution in [2.75, 3.05) is 32.7 Å². The Morgan fingerprint density at radius 2 is 2.17 bits per heavy atom. The molecule has 0 saturated carbocycles. The SMILES string of the molecule is Cc1nc(CN2CCN(C(=O)c3n[nH]c4c3CNCC4)CC2)cs1. The van der Waals surface area contributed by atoms with E-state index in [1.165, 1.54) is 0 Å². The highest BCUT2D eigenvalue weighted by Crippen LogP contribution is 2.18. The highest BCUT2D eigenvalue weighted by atomic mass is 32.1. The molecule has 0 bridgehead atoms. The van der Waals surface area contributed by atoms with Gasteiger partial charge in [0.15, 0.2) is 5.69 Å². The van der Waals surface area contributed by atoms with E-state index in [0.717, 1.165) is 74.2 Å². The largest absolute Gasteiger partial charge is 0.335 e. The van der Waals surface area contributed by atoms with Crippen LogP contribution in [0.5, 0.6) is 0 Å². The molecule has 0 aromatic carbocycles. The van der Waals surface area contributed by atoms with Gasteiger partial charge < -0.3 is 10.2 Å². The molecule has 2 N–H and O–H groups in total. The molecule has 2 aliphatic rings. The first-order chi connectivity index (χ1) is 11.7. The van der Waals surface area contributed by atoms with Gasteiger partial charge in [0.25, 0.3) is 5.91 Å². The number of carbonyl (C=O) groups excluding carboxylic acids is 1. The van der Waals surface area contributed by atoms with Crippen molar-refractivity contribution in [1.29, 1.82) is 0 Å². The number of thiazole rings is 1. The zero-order chi connectivity index (χ0) is 16.5. The lowest BCUT2D eigenvalue weighted by Crippen LogP contribution is -2.48. The Morgan fingerprint density at radius 3 is 2.92 bits per heavy atom. The molecule has 0 unspecified atom stereocenters. The fourth-order valence-corrected chi connectivity index (χ4v) is 3.97. The van der Waals surface area contributed by atoms with Gasteiger partial charge in [0.05, 0.1) is 10.7 Å². The molecule has 2 aromatic heterocycles. The zero-order valence-electron chi connectivity index (χ0n) is 13.8. The van der Waals surface area contributed by atoms with Gasteiger partial charge in [0, 0.05) is 68.9 Å². The van der Waals surface area contributed by atoms with Crippen LogP contribution < -0.4 is 5.32 Å². The van der Waals surface area contributed by atoms with E-state index in [1.807, 2.05) is 11.8 Å². The summed E-state index contributed by atoms with van der Waals surface area (Å²) in [5.74, 6) is 0.0559. The molecule has 0 spiro atoms. The Hall–Kier alpha value is -1.77. The Labute approximate surface area is 145 Å². The predicted octanol–water partition coefficient (Wildman–Crippen LogP) is 0.778. The molecule has 0 aliphatic carbocycles. The van der Waals surface area contributed by atoms with E-state index in [0.29, 0.717) is 5.69 Å². The molecule has 4 rings (SSSR count). The van der Waals surface area contributed by atoms with Crippen molar-refractivity contribution in [3.8, 4) is 0 Å². The van der Waals surface area contributed by atoms with Crippen LogP contribution in [0.2, 0.25) is 0 Å². The Bertz CT molecular complexity index is 731. The number of fused-ring (bicyclic) bond motifs is 1. The van der Waals surface area contributed by atoms with E-state index >= 15 is 0 Å². The van der Waals surface area contributed by atoms with E-state index < -0.39 is 0 Å². The van der Waals surface area contributed by atoms with Crippen molar-refractivity contribution in [2.24, 2.45) is 0 Å². The van der Waals surface area contributed by atoms with E-state index in [1.54, 1.807) is 11.3 Å². The van der Waals surface area contributed by atoms with Gasteiger partial charge in [-0.25, -0.2) is 4.98 Å². The second kappa shape index (κ2) is 6.62. The third-order valence-electron chi connectivity index (χ3n) is 4.72. The zero-order valence-corrected chi connectivity index (χ0v) is 14.7. The first-order valence-corrected chi connectivity index (χ1v) is 9.28. The molecule has 2 aromatic rings. The number of aryl methyl sites for hydroxylation is 1. The number of H-pyrrole nitrogens is 1. The number of amides is 1. The summed E-state index contributed by atoms with van der Waals surface area (Å²) in [7, 11) is 0. The summed E-state index contributed by atoms with van der Waals surface area (Å²) in [6.45, 7) is 7.83. The molecule has 128 valence electrons. The average molecular weight is 346 g/mol. The van der Waals surface area contributed by atoms with E-state index in [9.17, 15) is 4.79 Å². The number of piperazine rings is 1. The molecule has 1 saturated heterocycles. The molecule has 2 aliphatic heterocycles. The summed E-state index contributed by atoms with van der Waals surface area (Å²) in [4.78, 5) is 21.6. The van der Waals surface area contributed by atoms with Crippen LogP contribution >= 0.6 is 11.3 Å². The van der Waals surface area contributed by atoms with Crippen molar-refractivity contribution in [3.63, 3.8) is 0 Å². The molecule has 0 atom stereocenters. The smallest absolute Gasteiger partial charge is 0.274 e. The quantitative estimate of drug-likeness (QED) is 0.859. The molecule has 24 heavy (non-hydrogen) atoms. The minimum absolute atomic E-state index is 0.0559. The van der Waals surface area contributed by atoms with Crippen molar-refractivity contribution in [1.82, 2.24) is 30.3 Å². The molecule has 0 radical (unpaired) electrons. The maximum atomic E-state index is 12.8. The molecule has 7 nitrogen and oxygen atoms in total. The average Bonchev–Trinajstić information content (AvgIpc) is 3.21. The lowest BCUT2D eigenvalue weighted by atomic mass is 10.1. The van der Waals surface area contributed by atoms with Crippen molar-refractivity contribution < 1.29 is 4.79 Å². The minimum atomic E-state index is 0.0559. The van der Waals surface area contributed by atoms with Crippen LogP contribution in [-0.4, -0.2) is 63.6 Å². The van der Waals surface area contributed by atoms with Gasteiger partial charge in [-0.15, -0.1) is 11.3 Å². The molecular weight excluding hydrogens is 324 g/mol. The number of aromatic amines is 1. The van der Waals surface area contributed by atoms with Crippen LogP contribution in [0.15, 0.2) is 5.38 Å². The van der Waals surface area contributed by atoms with Crippen molar-refractivity contribution in [2.45, 2.75) is 26.4 Å². The normalized spacial score (nSPS) is 18.6. The highest BCUT2D eigenvalue weighted by molar-refractivity contribution is 7.09. The maximum Gasteiger partial charge on any atom is 0.274 e. The summed E-state index contributed by atoms with van der Waals surface area (Å²) in [5, 5.41) is 13.9. The van der Waals surface area contributed by atoms with Crippen molar-refractivity contribution >= 4 is 17.2 Å². The van der Waals surface area contributed by atoms with Crippen LogP contribution in [0.4, 0.5) is 0 Å². The summed E-state index contributed by atoms with van der Waals surface area (Å²) >= 11 is 1.69. The van der Waals surface area contributed by atoms with E-state index in [2.05, 4.69) is 30.8 Å². The van der Waals surface area contributed by atoms with Crippen LogP contribution in [0.25, 0.3) is 0 Å². The number of nitrogens with one attached hydrogen (secondary N) is 2. The number of hydrogen-bond donors (Lipinski definition) is 2. The number of hydrogen-bond acceptors (Lipinski definition) is 6. The Morgan fingerprint density at radius 1 is 1.33 bits per heavy atom. The van der Waals surface area contributed by atoms with Crippen LogP contribution in [0.1, 0.15) is 32.4 Å². The van der Waals surface area contributed by atoms with Gasteiger partial charge in [-0.1, -0.05) is 0 Å². The van der Waals surface area contributed by atoms with Gasteiger partial charge in [0.2, 0.25) is 0 Å². The Kier molecular flexibility index (Phi) is 4.34. The molecule has 1 amide bonds. The lowest BCUT2D eigenvalue weighted by Gasteiger charge is -2.34. The number of carbonyl (C=O) groups is 1. The summed E-state index contributed by atoms with van der Waals surface area (Å²) in [6.07, 6.45) is 0.913. The summed E-state index contributed by atoms with van der Waals surface area (Å²) < 4.78 is 0. The monoisotopic (exact) mass is 346 g/mol. The summed E-state index contributed by atoms with van der Waals surface area (Å²) in [6, 6.07) is 0. The molecular formula is C16H22N6OS. The first kappa shape index (κ1) is 15.7. The molecule has 1 fully saturated rings. The van der Waals surface area contributed by atoms with Gasteiger partial charge in [-0.2, -0.15) is 5.10 Å². The second-order valence-corrected chi connectivity index (χ2v) is 7.44. The van der Waals surface area contributed by atoms with Gasteiger partial charge in [0.1, 0.15) is 0 Å². The van der Waals surface area contributed by atoms with Gasteiger partial charge in [-0.3, -0.25) is 14.8 Å². The fourth-order valence-electron chi connectivity index (χ4n) is 3.37. The van der Waals surface area contributed by atoms with Crippen LogP contribution in [-0.2, 0) is 19.5 Å². The summed E-state index contributed by atoms with van der Waals surface area (Å²) in [5.41, 5.74) is 3.88. The second-order valence-electron chi connectivity index (χ2n) is 6.38. The van der Waals surface area contributed by atoms with Crippen molar-refractivity contribution in [3.05, 3.63) is 33.0 Å². The van der Waals surface area contributed by atoms with E-state index in [4.69, 9.17) is 0 Å². The van der Waals surface area contributed by atoms with Crippen LogP contribution in [0, 0.1) is 6.92 Å². The van der Waals surface area contributed by atoms with Gasteiger partial charge >= 0.3 is 0 Å². The number of nitrogens with zero attached hydrogens (tertiary/aromatic N) is 4. The maximum absolute atomic E-state index is 12.8. The first-order valence-electron chi connectivity index (χ1n) is 8.40. The topological polar surface area (TPSA) is 77.2 Å². The third-order valence-corrected chi connectivity index (χ3v) is 5.54. The standard InChI is InChI=1S/C16H22N6OS/c1-11-18-12(10-24-11)9-21-4-6-22(7-5-21)16(23)15-13-8-17-3-2-14(13)19-20-15/h10,17H,2-9H2,1H3,(H,19,20). The van der Waals surface area contributed by atoms with E-state index in [-0.39, 0.29) is 5.91 Å². The molecule has 8 heteroatoms. The number of rotatable bonds is 3.